The van der Waals surface area contributed by atoms with Gasteiger partial charge in [-0.2, -0.15) is 0 Å². The van der Waals surface area contributed by atoms with Crippen molar-refractivity contribution in [3.05, 3.63) is 58.8 Å². The molecule has 6 nitrogen and oxygen atoms in total. The first-order chi connectivity index (χ1) is 12.0. The lowest BCUT2D eigenvalue weighted by atomic mass is 9.95. The molecule has 4 rings (SSSR count). The van der Waals surface area contributed by atoms with Gasteiger partial charge in [-0.05, 0) is 37.9 Å². The van der Waals surface area contributed by atoms with Gasteiger partial charge in [0, 0.05) is 34.3 Å². The molecule has 6 N–H and O–H groups in total. The average molecular weight is 335 g/mol. The van der Waals surface area contributed by atoms with E-state index in [2.05, 4.69) is 21.3 Å². The maximum absolute atomic E-state index is 12.5. The van der Waals surface area contributed by atoms with Crippen LogP contribution in [0.4, 0.5) is 11.4 Å². The number of H-pyrrole nitrogens is 1. The minimum Gasteiger partial charge on any atom is -0.397 e. The summed E-state index contributed by atoms with van der Waals surface area (Å²) in [5.74, 6) is -0.118. The topological polar surface area (TPSA) is 100 Å². The highest BCUT2D eigenvalue weighted by atomic mass is 16.2. The molecule has 2 heterocycles. The van der Waals surface area contributed by atoms with E-state index >= 15 is 0 Å². The van der Waals surface area contributed by atoms with E-state index in [1.54, 1.807) is 6.07 Å². The number of nitrogen functional groups attached to an aromatic ring is 2. The minimum absolute atomic E-state index is 0.118. The van der Waals surface area contributed by atoms with E-state index in [1.807, 2.05) is 38.4 Å². The van der Waals surface area contributed by atoms with Crippen LogP contribution in [0.3, 0.4) is 0 Å². The van der Waals surface area contributed by atoms with E-state index in [4.69, 9.17) is 11.5 Å². The Kier molecular flexibility index (Phi) is 3.43. The number of anilines is 2. The Hall–Kier alpha value is -2.99. The number of nitrogens with zero attached hydrogens (tertiary/aromatic N) is 1. The van der Waals surface area contributed by atoms with Crippen LogP contribution in [0.15, 0.2) is 36.4 Å². The lowest BCUT2D eigenvalue weighted by Gasteiger charge is -2.17. The van der Waals surface area contributed by atoms with Crippen LogP contribution < -0.4 is 16.8 Å². The van der Waals surface area contributed by atoms with Crippen LogP contribution in [0, 0.1) is 0 Å². The third-order valence-electron chi connectivity index (χ3n) is 4.68. The van der Waals surface area contributed by atoms with Crippen LogP contribution in [-0.4, -0.2) is 29.9 Å². The molecule has 0 bridgehead atoms. The minimum atomic E-state index is -0.239. The monoisotopic (exact) mass is 335 g/mol. The summed E-state index contributed by atoms with van der Waals surface area (Å²) in [5.41, 5.74) is 17.5. The second-order valence-electron chi connectivity index (χ2n) is 6.78. The van der Waals surface area contributed by atoms with E-state index in [-0.39, 0.29) is 11.9 Å². The number of carbonyl (C=O) groups excluding carboxylic acids is 1. The zero-order chi connectivity index (χ0) is 17.7. The Bertz CT molecular complexity index is 989. The average Bonchev–Trinajstić information content (AvgIpc) is 3.05. The van der Waals surface area contributed by atoms with Crippen molar-refractivity contribution in [2.75, 3.05) is 25.6 Å². The fourth-order valence-corrected chi connectivity index (χ4v) is 3.59. The molecule has 0 fully saturated rings. The number of hydrogen-bond donors (Lipinski definition) is 4. The first kappa shape index (κ1) is 15.5. The zero-order valence-corrected chi connectivity index (χ0v) is 14.3. The van der Waals surface area contributed by atoms with Gasteiger partial charge in [-0.3, -0.25) is 4.79 Å². The van der Waals surface area contributed by atoms with E-state index in [1.165, 1.54) is 0 Å². The van der Waals surface area contributed by atoms with Crippen molar-refractivity contribution in [1.29, 1.82) is 0 Å². The second-order valence-corrected chi connectivity index (χ2v) is 6.78. The van der Waals surface area contributed by atoms with Crippen molar-refractivity contribution in [3.8, 4) is 0 Å². The Morgan fingerprint density at radius 3 is 2.60 bits per heavy atom. The Morgan fingerprint density at radius 1 is 1.12 bits per heavy atom. The highest BCUT2D eigenvalue weighted by Gasteiger charge is 2.33. The lowest BCUT2D eigenvalue weighted by Crippen LogP contribution is -2.22. The van der Waals surface area contributed by atoms with Crippen molar-refractivity contribution in [2.24, 2.45) is 0 Å². The smallest absolute Gasteiger partial charge is 0.252 e. The molecule has 1 aliphatic heterocycles. The first-order valence-electron chi connectivity index (χ1n) is 8.19. The number of rotatable bonds is 3. The summed E-state index contributed by atoms with van der Waals surface area (Å²) in [6.07, 6.45) is 0. The molecule has 0 spiro atoms. The van der Waals surface area contributed by atoms with E-state index in [0.717, 1.165) is 34.3 Å². The van der Waals surface area contributed by atoms with Gasteiger partial charge in [0.25, 0.3) is 5.91 Å². The number of para-hydroxylation sites is 1. The molecule has 6 heteroatoms. The van der Waals surface area contributed by atoms with Gasteiger partial charge in [-0.15, -0.1) is 0 Å². The summed E-state index contributed by atoms with van der Waals surface area (Å²) in [6, 6.07) is 11.4. The third kappa shape index (κ3) is 2.42. The number of amides is 1. The Balaban J connectivity index is 1.94. The lowest BCUT2D eigenvalue weighted by molar-refractivity contribution is 0.0960. The van der Waals surface area contributed by atoms with Crippen molar-refractivity contribution in [1.82, 2.24) is 15.2 Å². The molecule has 1 unspecified atom stereocenters. The fourth-order valence-electron chi connectivity index (χ4n) is 3.59. The maximum Gasteiger partial charge on any atom is 0.252 e. The normalized spacial score (nSPS) is 16.4. The molecule has 0 saturated carbocycles. The number of carbonyl (C=O) groups is 1. The summed E-state index contributed by atoms with van der Waals surface area (Å²) in [6.45, 7) is 0.746. The third-order valence-corrected chi connectivity index (χ3v) is 4.68. The first-order valence-corrected chi connectivity index (χ1v) is 8.19. The number of fused-ring (bicyclic) bond motifs is 2. The molecule has 128 valence electrons. The van der Waals surface area contributed by atoms with Crippen molar-refractivity contribution >= 4 is 28.2 Å². The van der Waals surface area contributed by atoms with Gasteiger partial charge in [-0.1, -0.05) is 18.2 Å². The largest absolute Gasteiger partial charge is 0.397 e. The molecular formula is C19H21N5O. The van der Waals surface area contributed by atoms with Crippen molar-refractivity contribution < 1.29 is 4.79 Å². The summed E-state index contributed by atoms with van der Waals surface area (Å²) < 4.78 is 0. The molecular weight excluding hydrogens is 314 g/mol. The summed E-state index contributed by atoms with van der Waals surface area (Å²) in [4.78, 5) is 18.1. The number of aromatic nitrogens is 1. The van der Waals surface area contributed by atoms with Gasteiger partial charge in [0.05, 0.1) is 17.4 Å². The molecule has 1 atom stereocenters. The number of nitrogens with two attached hydrogens (primary N) is 2. The fraction of sp³-hybridized carbons (Fsp3) is 0.211. The maximum atomic E-state index is 12.5. The van der Waals surface area contributed by atoms with Gasteiger partial charge in [0.1, 0.15) is 0 Å². The molecule has 25 heavy (non-hydrogen) atoms. The van der Waals surface area contributed by atoms with Crippen LogP contribution in [0.2, 0.25) is 0 Å². The van der Waals surface area contributed by atoms with Gasteiger partial charge >= 0.3 is 0 Å². The predicted octanol–water partition coefficient (Wildman–Crippen LogP) is 2.23. The number of benzene rings is 2. The molecule has 1 aromatic heterocycles. The summed E-state index contributed by atoms with van der Waals surface area (Å²) >= 11 is 0. The molecule has 0 saturated heterocycles. The van der Waals surface area contributed by atoms with Crippen LogP contribution in [0.5, 0.6) is 0 Å². The highest BCUT2D eigenvalue weighted by Crippen LogP contribution is 2.39. The van der Waals surface area contributed by atoms with Crippen LogP contribution >= 0.6 is 0 Å². The zero-order valence-electron chi connectivity index (χ0n) is 14.3. The van der Waals surface area contributed by atoms with E-state index in [0.29, 0.717) is 16.9 Å². The van der Waals surface area contributed by atoms with E-state index in [9.17, 15) is 4.79 Å². The van der Waals surface area contributed by atoms with Crippen molar-refractivity contribution in [3.63, 3.8) is 0 Å². The molecule has 3 aromatic rings. The van der Waals surface area contributed by atoms with Gasteiger partial charge in [0.2, 0.25) is 0 Å². The molecule has 0 aliphatic carbocycles. The van der Waals surface area contributed by atoms with Crippen LogP contribution in [0.25, 0.3) is 10.9 Å². The molecule has 1 aliphatic rings. The second kappa shape index (κ2) is 5.53. The number of nitrogens with one attached hydrogen (secondary N) is 2. The quantitative estimate of drug-likeness (QED) is 0.551. The van der Waals surface area contributed by atoms with Gasteiger partial charge in [-0.25, -0.2) is 0 Å². The van der Waals surface area contributed by atoms with Gasteiger partial charge < -0.3 is 26.7 Å². The highest BCUT2D eigenvalue weighted by molar-refractivity contribution is 6.02. The molecule has 0 radical (unpaired) electrons. The number of aromatic amines is 1. The number of hydrogen-bond acceptors (Lipinski definition) is 4. The van der Waals surface area contributed by atoms with Crippen LogP contribution in [-0.2, 0) is 6.54 Å². The Morgan fingerprint density at radius 2 is 1.84 bits per heavy atom. The molecule has 2 aromatic carbocycles. The summed E-state index contributed by atoms with van der Waals surface area (Å²) in [5, 5.41) is 4.20. The SMILES string of the molecule is CN(C)Cc1[nH]c2ccccc2c1C1NC(=O)c2cc(N)c(N)cc21. The Labute approximate surface area is 145 Å². The molecule has 1 amide bonds. The standard InChI is InChI=1S/C19H21N5O/c1-24(2)9-16-17(10-5-3-4-6-15(10)22-16)18-11-7-13(20)14(21)8-12(11)19(25)23-18/h3-8,18,22H,9,20-21H2,1-2H3,(H,23,25). The van der Waals surface area contributed by atoms with Crippen LogP contribution in [0.1, 0.15) is 33.2 Å². The van der Waals surface area contributed by atoms with Gasteiger partial charge in [0.15, 0.2) is 0 Å². The van der Waals surface area contributed by atoms with Crippen molar-refractivity contribution in [2.45, 2.75) is 12.6 Å². The summed E-state index contributed by atoms with van der Waals surface area (Å²) in [7, 11) is 4.05. The predicted molar refractivity (Wildman–Crippen MR) is 100 cm³/mol. The van der Waals surface area contributed by atoms with E-state index < -0.39 is 0 Å².